The summed E-state index contributed by atoms with van der Waals surface area (Å²) in [4.78, 5) is 0. The van der Waals surface area contributed by atoms with E-state index in [1.807, 2.05) is 0 Å². The molecule has 0 aliphatic rings. The molecule has 0 aliphatic heterocycles. The average Bonchev–Trinajstić information content (AvgIpc) is 2.48. The fourth-order valence-electron chi connectivity index (χ4n) is 1.62. The molecule has 0 atom stereocenters. The van der Waals surface area contributed by atoms with Crippen LogP contribution in [-0.2, 0) is 6.61 Å². The highest BCUT2D eigenvalue weighted by molar-refractivity contribution is 5.47. The summed E-state index contributed by atoms with van der Waals surface area (Å²) in [5.74, 6) is 1.82. The van der Waals surface area contributed by atoms with Gasteiger partial charge >= 0.3 is 0 Å². The minimum absolute atomic E-state index is 0.0997. The van der Waals surface area contributed by atoms with Crippen molar-refractivity contribution in [2.45, 2.75) is 6.61 Å². The molecule has 0 radical (unpaired) electrons. The lowest BCUT2D eigenvalue weighted by Gasteiger charge is -2.09. The summed E-state index contributed by atoms with van der Waals surface area (Å²) in [6.45, 7) is -0.0997. The Morgan fingerprint density at radius 2 is 1.79 bits per heavy atom. The molecule has 0 bridgehead atoms. The van der Waals surface area contributed by atoms with Gasteiger partial charge in [-0.15, -0.1) is 0 Å². The summed E-state index contributed by atoms with van der Waals surface area (Å²) < 4.78 is 10.7. The van der Waals surface area contributed by atoms with E-state index in [-0.39, 0.29) is 6.61 Å². The number of methoxy groups -OCH3 is 1. The fourth-order valence-corrected chi connectivity index (χ4v) is 1.62. The third-order valence-electron chi connectivity index (χ3n) is 2.63. The second-order valence-corrected chi connectivity index (χ2v) is 3.88. The van der Waals surface area contributed by atoms with Gasteiger partial charge in [0.1, 0.15) is 23.3 Å². The van der Waals surface area contributed by atoms with Gasteiger partial charge in [0.25, 0.3) is 0 Å². The van der Waals surface area contributed by atoms with Gasteiger partial charge in [-0.05, 0) is 42.0 Å². The zero-order valence-electron chi connectivity index (χ0n) is 10.5. The molecular formula is C15H13NO3. The first-order chi connectivity index (χ1) is 9.26. The molecule has 0 unspecified atom stereocenters. The lowest BCUT2D eigenvalue weighted by atomic mass is 10.1. The van der Waals surface area contributed by atoms with Crippen molar-refractivity contribution >= 4 is 0 Å². The highest BCUT2D eigenvalue weighted by Gasteiger charge is 2.06. The molecule has 2 aromatic rings. The number of aliphatic hydroxyl groups excluding tert-OH is 1. The molecule has 96 valence electrons. The monoisotopic (exact) mass is 255 g/mol. The summed E-state index contributed by atoms with van der Waals surface area (Å²) in [5, 5.41) is 18.1. The van der Waals surface area contributed by atoms with Crippen LogP contribution in [0.2, 0.25) is 0 Å². The van der Waals surface area contributed by atoms with Gasteiger partial charge in [-0.1, -0.05) is 6.07 Å². The van der Waals surface area contributed by atoms with Gasteiger partial charge in [-0.2, -0.15) is 5.26 Å². The van der Waals surface area contributed by atoms with Crippen LogP contribution in [0.1, 0.15) is 11.1 Å². The number of hydrogen-bond acceptors (Lipinski definition) is 4. The molecule has 0 saturated carbocycles. The van der Waals surface area contributed by atoms with E-state index in [0.29, 0.717) is 22.6 Å². The number of benzene rings is 2. The standard InChI is InChI=1S/C15H13NO3/c1-18-13-3-5-14(6-4-13)19-15-7-2-11(10-17)8-12(15)9-16/h2-8,17H,10H2,1H3. The van der Waals surface area contributed by atoms with Crippen molar-refractivity contribution in [2.24, 2.45) is 0 Å². The maximum Gasteiger partial charge on any atom is 0.145 e. The summed E-state index contributed by atoms with van der Waals surface area (Å²) in [6.07, 6.45) is 0. The van der Waals surface area contributed by atoms with E-state index >= 15 is 0 Å². The zero-order chi connectivity index (χ0) is 13.7. The van der Waals surface area contributed by atoms with Crippen LogP contribution in [0.25, 0.3) is 0 Å². The minimum atomic E-state index is -0.0997. The van der Waals surface area contributed by atoms with Crippen LogP contribution in [0.5, 0.6) is 17.2 Å². The van der Waals surface area contributed by atoms with Gasteiger partial charge in [-0.25, -0.2) is 0 Å². The molecule has 4 heteroatoms. The van der Waals surface area contributed by atoms with Crippen LogP contribution >= 0.6 is 0 Å². The van der Waals surface area contributed by atoms with Crippen LogP contribution in [0.4, 0.5) is 0 Å². The molecule has 1 N–H and O–H groups in total. The Labute approximate surface area is 111 Å². The number of nitrogens with zero attached hydrogens (tertiary/aromatic N) is 1. The lowest BCUT2D eigenvalue weighted by molar-refractivity contribution is 0.281. The van der Waals surface area contributed by atoms with E-state index in [0.717, 1.165) is 5.75 Å². The fraction of sp³-hybridized carbons (Fsp3) is 0.133. The summed E-state index contributed by atoms with van der Waals surface area (Å²) in [7, 11) is 1.59. The first-order valence-corrected chi connectivity index (χ1v) is 5.72. The van der Waals surface area contributed by atoms with Gasteiger partial charge < -0.3 is 14.6 Å². The first kappa shape index (κ1) is 12.9. The normalized spacial score (nSPS) is 9.74. The molecule has 0 aromatic heterocycles. The Morgan fingerprint density at radius 1 is 1.11 bits per heavy atom. The number of nitriles is 1. The van der Waals surface area contributed by atoms with Gasteiger partial charge in [0, 0.05) is 0 Å². The third kappa shape index (κ3) is 3.03. The number of ether oxygens (including phenoxy) is 2. The van der Waals surface area contributed by atoms with Crippen molar-refractivity contribution < 1.29 is 14.6 Å². The van der Waals surface area contributed by atoms with Crippen molar-refractivity contribution in [1.29, 1.82) is 5.26 Å². The molecule has 0 heterocycles. The Kier molecular flexibility index (Phi) is 4.01. The molecule has 0 spiro atoms. The second kappa shape index (κ2) is 5.89. The van der Waals surface area contributed by atoms with E-state index < -0.39 is 0 Å². The molecule has 0 amide bonds. The molecule has 19 heavy (non-hydrogen) atoms. The quantitative estimate of drug-likeness (QED) is 0.912. The van der Waals surface area contributed by atoms with Crippen LogP contribution in [0.15, 0.2) is 42.5 Å². The lowest BCUT2D eigenvalue weighted by Crippen LogP contribution is -1.91. The predicted octanol–water partition coefficient (Wildman–Crippen LogP) is 2.85. The molecule has 2 aromatic carbocycles. The first-order valence-electron chi connectivity index (χ1n) is 5.72. The Hall–Kier alpha value is -2.51. The van der Waals surface area contributed by atoms with E-state index in [1.165, 1.54) is 0 Å². The Morgan fingerprint density at radius 3 is 2.37 bits per heavy atom. The third-order valence-corrected chi connectivity index (χ3v) is 2.63. The number of rotatable bonds is 4. The Bertz CT molecular complexity index is 600. The van der Waals surface area contributed by atoms with Crippen LogP contribution in [-0.4, -0.2) is 12.2 Å². The van der Waals surface area contributed by atoms with Crippen molar-refractivity contribution in [3.8, 4) is 23.3 Å². The molecule has 0 saturated heterocycles. The van der Waals surface area contributed by atoms with Crippen molar-refractivity contribution in [2.75, 3.05) is 7.11 Å². The van der Waals surface area contributed by atoms with Crippen LogP contribution < -0.4 is 9.47 Å². The van der Waals surface area contributed by atoms with Crippen molar-refractivity contribution in [1.82, 2.24) is 0 Å². The van der Waals surface area contributed by atoms with Crippen LogP contribution in [0.3, 0.4) is 0 Å². The average molecular weight is 255 g/mol. The Balaban J connectivity index is 2.25. The highest BCUT2D eigenvalue weighted by atomic mass is 16.5. The highest BCUT2D eigenvalue weighted by Crippen LogP contribution is 2.27. The smallest absolute Gasteiger partial charge is 0.145 e. The van der Waals surface area contributed by atoms with Gasteiger partial charge in [0.05, 0.1) is 19.3 Å². The second-order valence-electron chi connectivity index (χ2n) is 3.88. The van der Waals surface area contributed by atoms with E-state index in [2.05, 4.69) is 6.07 Å². The van der Waals surface area contributed by atoms with Crippen LogP contribution in [0, 0.1) is 11.3 Å². The number of aliphatic hydroxyl groups is 1. The largest absolute Gasteiger partial charge is 0.497 e. The molecular weight excluding hydrogens is 242 g/mol. The zero-order valence-corrected chi connectivity index (χ0v) is 10.5. The minimum Gasteiger partial charge on any atom is -0.497 e. The summed E-state index contributed by atoms with van der Waals surface area (Å²) >= 11 is 0. The van der Waals surface area contributed by atoms with Gasteiger partial charge in [-0.3, -0.25) is 0 Å². The molecule has 0 aliphatic carbocycles. The summed E-state index contributed by atoms with van der Waals surface area (Å²) in [6, 6.07) is 14.1. The van der Waals surface area contributed by atoms with Gasteiger partial charge in [0.15, 0.2) is 0 Å². The number of hydrogen-bond donors (Lipinski definition) is 1. The predicted molar refractivity (Wildman–Crippen MR) is 70.1 cm³/mol. The maximum atomic E-state index is 9.07. The van der Waals surface area contributed by atoms with E-state index in [1.54, 1.807) is 49.6 Å². The molecule has 4 nitrogen and oxygen atoms in total. The maximum absolute atomic E-state index is 9.07. The summed E-state index contributed by atoms with van der Waals surface area (Å²) in [5.41, 5.74) is 1.07. The van der Waals surface area contributed by atoms with E-state index in [4.69, 9.17) is 19.8 Å². The SMILES string of the molecule is COc1ccc(Oc2ccc(CO)cc2C#N)cc1. The van der Waals surface area contributed by atoms with Gasteiger partial charge in [0.2, 0.25) is 0 Å². The van der Waals surface area contributed by atoms with Crippen molar-refractivity contribution in [3.05, 3.63) is 53.6 Å². The molecule has 2 rings (SSSR count). The topological polar surface area (TPSA) is 62.5 Å². The van der Waals surface area contributed by atoms with E-state index in [9.17, 15) is 0 Å². The van der Waals surface area contributed by atoms with Crippen molar-refractivity contribution in [3.63, 3.8) is 0 Å². The molecule has 0 fully saturated rings.